The zero-order valence-corrected chi connectivity index (χ0v) is 12.7. The Morgan fingerprint density at radius 1 is 1.11 bits per heavy atom. The summed E-state index contributed by atoms with van der Waals surface area (Å²) in [6.45, 7) is 6.13. The maximum atomic E-state index is 11.7. The van der Waals surface area contributed by atoms with Gasteiger partial charge >= 0.3 is 0 Å². The summed E-state index contributed by atoms with van der Waals surface area (Å²) in [5, 5.41) is 0. The van der Waals surface area contributed by atoms with Crippen LogP contribution in [-0.4, -0.2) is 42.8 Å². The van der Waals surface area contributed by atoms with Crippen LogP contribution in [0.2, 0.25) is 0 Å². The highest BCUT2D eigenvalue weighted by molar-refractivity contribution is 9.10. The highest BCUT2D eigenvalue weighted by atomic mass is 79.9. The number of anilines is 1. The van der Waals surface area contributed by atoms with Crippen molar-refractivity contribution in [3.8, 4) is 0 Å². The topological polar surface area (TPSA) is 40.6 Å². The second kappa shape index (κ2) is 5.74. The van der Waals surface area contributed by atoms with Gasteiger partial charge in [-0.3, -0.25) is 9.59 Å². The average molecular weight is 325 g/mol. The SMILES string of the molecule is CC(=O)c1cc(Br)ccc1N1CCN(C(C)=O)CC1. The van der Waals surface area contributed by atoms with Gasteiger partial charge in [0.15, 0.2) is 5.78 Å². The summed E-state index contributed by atoms with van der Waals surface area (Å²) in [6.07, 6.45) is 0. The van der Waals surface area contributed by atoms with Crippen molar-refractivity contribution in [2.75, 3.05) is 31.1 Å². The third-order valence-electron chi connectivity index (χ3n) is 3.40. The van der Waals surface area contributed by atoms with E-state index in [2.05, 4.69) is 20.8 Å². The van der Waals surface area contributed by atoms with Gasteiger partial charge in [-0.1, -0.05) is 15.9 Å². The molecule has 0 atom stereocenters. The number of piperazine rings is 1. The highest BCUT2D eigenvalue weighted by Gasteiger charge is 2.21. The summed E-state index contributed by atoms with van der Waals surface area (Å²) < 4.78 is 0.906. The monoisotopic (exact) mass is 324 g/mol. The largest absolute Gasteiger partial charge is 0.367 e. The second-order valence-electron chi connectivity index (χ2n) is 4.71. The van der Waals surface area contributed by atoms with Crippen LogP contribution in [0, 0.1) is 0 Å². The van der Waals surface area contributed by atoms with Crippen molar-refractivity contribution in [3.05, 3.63) is 28.2 Å². The number of hydrogen-bond acceptors (Lipinski definition) is 3. The van der Waals surface area contributed by atoms with Gasteiger partial charge in [0.2, 0.25) is 5.91 Å². The van der Waals surface area contributed by atoms with Crippen LogP contribution < -0.4 is 4.90 Å². The molecule has 2 rings (SSSR count). The van der Waals surface area contributed by atoms with Gasteiger partial charge < -0.3 is 9.80 Å². The molecule has 1 amide bonds. The van der Waals surface area contributed by atoms with Gasteiger partial charge in [0.25, 0.3) is 0 Å². The molecule has 1 aromatic carbocycles. The normalized spacial score (nSPS) is 15.5. The summed E-state index contributed by atoms with van der Waals surface area (Å²) in [5.74, 6) is 0.174. The Bertz CT molecular complexity index is 508. The summed E-state index contributed by atoms with van der Waals surface area (Å²) in [4.78, 5) is 27.0. The van der Waals surface area contributed by atoms with Gasteiger partial charge in [-0.15, -0.1) is 0 Å². The van der Waals surface area contributed by atoms with Crippen molar-refractivity contribution >= 4 is 33.3 Å². The van der Waals surface area contributed by atoms with Crippen molar-refractivity contribution in [1.82, 2.24) is 4.90 Å². The highest BCUT2D eigenvalue weighted by Crippen LogP contribution is 2.26. The summed E-state index contributed by atoms with van der Waals surface area (Å²) in [6, 6.07) is 5.76. The van der Waals surface area contributed by atoms with Crippen molar-refractivity contribution in [1.29, 1.82) is 0 Å². The molecule has 1 aliphatic heterocycles. The molecule has 0 bridgehead atoms. The quantitative estimate of drug-likeness (QED) is 0.784. The lowest BCUT2D eigenvalue weighted by atomic mass is 10.1. The van der Waals surface area contributed by atoms with E-state index in [0.717, 1.165) is 28.8 Å². The number of ketones is 1. The zero-order valence-electron chi connectivity index (χ0n) is 11.1. The fourth-order valence-electron chi connectivity index (χ4n) is 2.33. The second-order valence-corrected chi connectivity index (χ2v) is 5.63. The Hall–Kier alpha value is -1.36. The first-order valence-electron chi connectivity index (χ1n) is 6.30. The van der Waals surface area contributed by atoms with Crippen molar-refractivity contribution in [3.63, 3.8) is 0 Å². The van der Waals surface area contributed by atoms with Crippen LogP contribution in [0.3, 0.4) is 0 Å². The van der Waals surface area contributed by atoms with Gasteiger partial charge in [0.05, 0.1) is 0 Å². The van der Waals surface area contributed by atoms with E-state index in [1.807, 2.05) is 23.1 Å². The van der Waals surface area contributed by atoms with Crippen LogP contribution in [0.15, 0.2) is 22.7 Å². The van der Waals surface area contributed by atoms with E-state index in [-0.39, 0.29) is 11.7 Å². The minimum atomic E-state index is 0.0605. The van der Waals surface area contributed by atoms with Crippen molar-refractivity contribution in [2.45, 2.75) is 13.8 Å². The molecule has 0 N–H and O–H groups in total. The van der Waals surface area contributed by atoms with Crippen LogP contribution in [0.25, 0.3) is 0 Å². The molecule has 5 heteroatoms. The van der Waals surface area contributed by atoms with E-state index in [0.29, 0.717) is 13.1 Å². The minimum absolute atomic E-state index is 0.0605. The maximum absolute atomic E-state index is 11.7. The first kappa shape index (κ1) is 14.1. The van der Waals surface area contributed by atoms with Crippen LogP contribution in [0.4, 0.5) is 5.69 Å². The Morgan fingerprint density at radius 3 is 2.26 bits per heavy atom. The van der Waals surface area contributed by atoms with E-state index >= 15 is 0 Å². The molecular formula is C14H17BrN2O2. The van der Waals surface area contributed by atoms with E-state index < -0.39 is 0 Å². The first-order chi connectivity index (χ1) is 8.99. The number of halogens is 1. The molecule has 1 aromatic rings. The Kier molecular flexibility index (Phi) is 4.24. The van der Waals surface area contributed by atoms with Gasteiger partial charge in [0.1, 0.15) is 0 Å². The molecule has 1 saturated heterocycles. The smallest absolute Gasteiger partial charge is 0.219 e. The number of hydrogen-bond donors (Lipinski definition) is 0. The molecule has 0 aliphatic carbocycles. The number of nitrogens with zero attached hydrogens (tertiary/aromatic N) is 2. The van der Waals surface area contributed by atoms with Crippen LogP contribution in [-0.2, 0) is 4.79 Å². The minimum Gasteiger partial charge on any atom is -0.367 e. The lowest BCUT2D eigenvalue weighted by molar-refractivity contribution is -0.129. The van der Waals surface area contributed by atoms with E-state index in [1.165, 1.54) is 0 Å². The van der Waals surface area contributed by atoms with Gasteiger partial charge in [-0.05, 0) is 25.1 Å². The van der Waals surface area contributed by atoms with Crippen LogP contribution in [0.5, 0.6) is 0 Å². The molecule has 1 aliphatic rings. The molecular weight excluding hydrogens is 308 g/mol. The van der Waals surface area contributed by atoms with Crippen molar-refractivity contribution in [2.24, 2.45) is 0 Å². The number of carbonyl (C=O) groups is 2. The maximum Gasteiger partial charge on any atom is 0.219 e. The number of Topliss-reactive ketones (excluding diaryl/α,β-unsaturated/α-hetero) is 1. The van der Waals surface area contributed by atoms with E-state index in [9.17, 15) is 9.59 Å². The Labute approximate surface area is 121 Å². The zero-order chi connectivity index (χ0) is 14.0. The fraction of sp³-hybridized carbons (Fsp3) is 0.429. The number of amides is 1. The average Bonchev–Trinajstić information content (AvgIpc) is 2.38. The van der Waals surface area contributed by atoms with Gasteiger partial charge in [0, 0.05) is 48.8 Å². The first-order valence-corrected chi connectivity index (χ1v) is 7.09. The molecule has 0 spiro atoms. The standard InChI is InChI=1S/C14H17BrN2O2/c1-10(18)13-9-12(15)3-4-14(13)17-7-5-16(6-8-17)11(2)19/h3-4,9H,5-8H2,1-2H3. The number of benzene rings is 1. The molecule has 102 valence electrons. The predicted octanol–water partition coefficient (Wildman–Crippen LogP) is 2.32. The van der Waals surface area contributed by atoms with Crippen molar-refractivity contribution < 1.29 is 9.59 Å². The number of rotatable bonds is 2. The summed E-state index contributed by atoms with van der Waals surface area (Å²) >= 11 is 3.39. The summed E-state index contributed by atoms with van der Waals surface area (Å²) in [5.41, 5.74) is 1.68. The third kappa shape index (κ3) is 3.15. The van der Waals surface area contributed by atoms with Crippen LogP contribution in [0.1, 0.15) is 24.2 Å². The van der Waals surface area contributed by atoms with E-state index in [4.69, 9.17) is 0 Å². The molecule has 1 fully saturated rings. The Morgan fingerprint density at radius 2 is 1.74 bits per heavy atom. The molecule has 0 aromatic heterocycles. The third-order valence-corrected chi connectivity index (χ3v) is 3.90. The van der Waals surface area contributed by atoms with E-state index in [1.54, 1.807) is 13.8 Å². The van der Waals surface area contributed by atoms with Gasteiger partial charge in [-0.2, -0.15) is 0 Å². The van der Waals surface area contributed by atoms with Crippen LogP contribution >= 0.6 is 15.9 Å². The lowest BCUT2D eigenvalue weighted by Gasteiger charge is -2.36. The lowest BCUT2D eigenvalue weighted by Crippen LogP contribution is -2.48. The molecule has 0 unspecified atom stereocenters. The molecule has 1 heterocycles. The fourth-order valence-corrected chi connectivity index (χ4v) is 2.69. The molecule has 19 heavy (non-hydrogen) atoms. The molecule has 4 nitrogen and oxygen atoms in total. The molecule has 0 radical (unpaired) electrons. The van der Waals surface area contributed by atoms with Gasteiger partial charge in [-0.25, -0.2) is 0 Å². The Balaban J connectivity index is 2.20. The predicted molar refractivity (Wildman–Crippen MR) is 78.6 cm³/mol. The molecule has 0 saturated carbocycles. The summed E-state index contributed by atoms with van der Waals surface area (Å²) in [7, 11) is 0. The number of carbonyl (C=O) groups excluding carboxylic acids is 2.